The first-order valence-corrected chi connectivity index (χ1v) is 9.11. The minimum absolute atomic E-state index is 0.0730. The summed E-state index contributed by atoms with van der Waals surface area (Å²) in [6.45, 7) is 7.70. The van der Waals surface area contributed by atoms with Crippen molar-refractivity contribution in [3.63, 3.8) is 0 Å². The molecule has 6 N–H and O–H groups in total. The number of hydrogen-bond acceptors (Lipinski definition) is 5. The number of aromatic amines is 1. The predicted octanol–water partition coefficient (Wildman–Crippen LogP) is 0.478. The van der Waals surface area contributed by atoms with Gasteiger partial charge >= 0.3 is 0 Å². The van der Waals surface area contributed by atoms with E-state index in [4.69, 9.17) is 5.73 Å². The molecular weight excluding hydrogens is 334 g/mol. The number of nitrogens with one attached hydrogen (secondary N) is 3. The number of carbonyl (C=O) groups excluding carboxylic acids is 2. The topological polar surface area (TPSA) is 133 Å². The first-order chi connectivity index (χ1) is 12.1. The van der Waals surface area contributed by atoms with Crippen LogP contribution in [0.4, 0.5) is 0 Å². The molecule has 2 atom stereocenters. The maximum atomic E-state index is 12.3. The van der Waals surface area contributed by atoms with Crippen molar-refractivity contribution in [2.24, 2.45) is 11.7 Å². The Hall–Kier alpha value is -1.93. The lowest BCUT2D eigenvalue weighted by Gasteiger charge is -2.32. The highest BCUT2D eigenvalue weighted by Gasteiger charge is 2.31. The van der Waals surface area contributed by atoms with E-state index in [2.05, 4.69) is 34.4 Å². The Morgan fingerprint density at radius 1 is 1.38 bits per heavy atom. The Morgan fingerprint density at radius 3 is 2.65 bits per heavy atom. The number of rotatable bonds is 11. The van der Waals surface area contributed by atoms with Gasteiger partial charge in [0.05, 0.1) is 24.0 Å². The van der Waals surface area contributed by atoms with Gasteiger partial charge in [-0.25, -0.2) is 4.98 Å². The molecule has 0 aliphatic rings. The number of H-pyrrole nitrogens is 1. The molecule has 1 heterocycles. The summed E-state index contributed by atoms with van der Waals surface area (Å²) in [5, 5.41) is 15.8. The summed E-state index contributed by atoms with van der Waals surface area (Å²) in [6.07, 6.45) is 4.78. The van der Waals surface area contributed by atoms with Crippen molar-refractivity contribution in [3.8, 4) is 0 Å². The fraction of sp³-hybridized carbons (Fsp3) is 0.722. The van der Waals surface area contributed by atoms with Crippen LogP contribution in [0.15, 0.2) is 12.5 Å². The van der Waals surface area contributed by atoms with Gasteiger partial charge in [0.15, 0.2) is 0 Å². The van der Waals surface area contributed by atoms with Gasteiger partial charge in [0.25, 0.3) is 0 Å². The molecule has 0 fully saturated rings. The molecule has 0 saturated heterocycles. The average molecular weight is 367 g/mol. The quantitative estimate of drug-likeness (QED) is 0.388. The highest BCUT2D eigenvalue weighted by Crippen LogP contribution is 2.10. The second-order valence-electron chi connectivity index (χ2n) is 7.70. The summed E-state index contributed by atoms with van der Waals surface area (Å²) in [6, 6.07) is -0.757. The van der Waals surface area contributed by atoms with Crippen LogP contribution >= 0.6 is 0 Å². The highest BCUT2D eigenvalue weighted by molar-refractivity contribution is 5.82. The van der Waals surface area contributed by atoms with Crippen LogP contribution in [0.5, 0.6) is 0 Å². The third-order valence-corrected chi connectivity index (χ3v) is 4.29. The van der Waals surface area contributed by atoms with Gasteiger partial charge in [0, 0.05) is 31.3 Å². The number of nitrogens with two attached hydrogens (primary N) is 1. The van der Waals surface area contributed by atoms with Crippen molar-refractivity contribution >= 4 is 11.8 Å². The smallest absolute Gasteiger partial charge is 0.237 e. The molecule has 0 aromatic carbocycles. The van der Waals surface area contributed by atoms with E-state index in [1.807, 2.05) is 0 Å². The maximum absolute atomic E-state index is 12.3. The third kappa shape index (κ3) is 7.97. The van der Waals surface area contributed by atoms with Crippen LogP contribution in [-0.4, -0.2) is 51.1 Å². The lowest BCUT2D eigenvalue weighted by molar-refractivity contribution is -0.125. The number of imidazole rings is 1. The summed E-state index contributed by atoms with van der Waals surface area (Å²) >= 11 is 0. The molecule has 0 radical (unpaired) electrons. The van der Waals surface area contributed by atoms with E-state index >= 15 is 0 Å². The van der Waals surface area contributed by atoms with E-state index in [1.54, 1.807) is 20.0 Å². The number of carbonyl (C=O) groups is 2. The van der Waals surface area contributed by atoms with E-state index < -0.39 is 17.7 Å². The molecule has 2 amide bonds. The normalized spacial score (nSPS) is 14.1. The molecule has 1 unspecified atom stereocenters. The van der Waals surface area contributed by atoms with Crippen molar-refractivity contribution in [1.29, 1.82) is 0 Å². The summed E-state index contributed by atoms with van der Waals surface area (Å²) in [5.74, 6) is 0.100. The summed E-state index contributed by atoms with van der Waals surface area (Å²) in [7, 11) is 0. The second kappa shape index (κ2) is 10.3. The molecule has 0 saturated carbocycles. The van der Waals surface area contributed by atoms with Gasteiger partial charge < -0.3 is 26.5 Å². The van der Waals surface area contributed by atoms with E-state index in [0.29, 0.717) is 18.8 Å². The fourth-order valence-corrected chi connectivity index (χ4v) is 2.44. The van der Waals surface area contributed by atoms with E-state index in [1.165, 1.54) is 6.33 Å². The molecule has 1 rings (SSSR count). The van der Waals surface area contributed by atoms with E-state index in [0.717, 1.165) is 18.5 Å². The van der Waals surface area contributed by atoms with Crippen LogP contribution in [0.3, 0.4) is 0 Å². The monoisotopic (exact) mass is 367 g/mol. The number of aliphatic hydroxyl groups is 1. The number of aromatic nitrogens is 2. The van der Waals surface area contributed by atoms with Crippen LogP contribution in [0.1, 0.15) is 52.7 Å². The zero-order chi connectivity index (χ0) is 19.7. The molecule has 0 bridgehead atoms. The van der Waals surface area contributed by atoms with Gasteiger partial charge in [-0.2, -0.15) is 0 Å². The molecule has 8 nitrogen and oxygen atoms in total. The first-order valence-electron chi connectivity index (χ1n) is 9.11. The lowest BCUT2D eigenvalue weighted by atomic mass is 9.96. The molecule has 26 heavy (non-hydrogen) atoms. The van der Waals surface area contributed by atoms with Gasteiger partial charge in [0.2, 0.25) is 11.8 Å². The van der Waals surface area contributed by atoms with Crippen molar-refractivity contribution in [3.05, 3.63) is 18.2 Å². The number of aliphatic hydroxyl groups excluding tert-OH is 1. The van der Waals surface area contributed by atoms with Gasteiger partial charge in [-0.05, 0) is 26.2 Å². The van der Waals surface area contributed by atoms with Crippen LogP contribution in [-0.2, 0) is 16.0 Å². The minimum Gasteiger partial charge on any atom is -0.389 e. The third-order valence-electron chi connectivity index (χ3n) is 4.29. The van der Waals surface area contributed by atoms with Crippen molar-refractivity contribution < 1.29 is 14.7 Å². The second-order valence-corrected chi connectivity index (χ2v) is 7.70. The average Bonchev–Trinajstić information content (AvgIpc) is 3.04. The van der Waals surface area contributed by atoms with Crippen molar-refractivity contribution in [2.45, 2.75) is 71.1 Å². The Labute approximate surface area is 155 Å². The Bertz CT molecular complexity index is 557. The molecule has 1 aromatic rings. The van der Waals surface area contributed by atoms with E-state index in [9.17, 15) is 14.7 Å². The molecule has 0 aliphatic heterocycles. The molecule has 0 aliphatic carbocycles. The van der Waals surface area contributed by atoms with Gasteiger partial charge in [-0.3, -0.25) is 9.59 Å². The molecule has 1 aromatic heterocycles. The lowest BCUT2D eigenvalue weighted by Crippen LogP contribution is -2.59. The summed E-state index contributed by atoms with van der Waals surface area (Å²) < 4.78 is 0. The van der Waals surface area contributed by atoms with Gasteiger partial charge in [-0.1, -0.05) is 20.3 Å². The maximum Gasteiger partial charge on any atom is 0.237 e. The van der Waals surface area contributed by atoms with Gasteiger partial charge in [0.1, 0.15) is 0 Å². The largest absolute Gasteiger partial charge is 0.389 e. The number of nitrogens with zero attached hydrogens (tertiary/aromatic N) is 1. The fourth-order valence-electron chi connectivity index (χ4n) is 2.44. The standard InChI is InChI=1S/C18H33N5O3/c1-12(2)6-5-7-16(25)21-10-15(24)18(3,4)23-17(26)14(19)8-13-9-20-11-22-13/h9,11-12,14-15,24H,5-8,10,19H2,1-4H3,(H,20,22)(H,21,25)(H,23,26)/t14-,15?/m0/s1. The van der Waals surface area contributed by atoms with Gasteiger partial charge in [-0.15, -0.1) is 0 Å². The Balaban J connectivity index is 2.39. The SMILES string of the molecule is CC(C)CCCC(=O)NCC(O)C(C)(C)NC(=O)[C@@H](N)Cc1cnc[nH]1. The van der Waals surface area contributed by atoms with Crippen molar-refractivity contribution in [2.75, 3.05) is 6.54 Å². The van der Waals surface area contributed by atoms with Crippen LogP contribution < -0.4 is 16.4 Å². The predicted molar refractivity (Wildman–Crippen MR) is 100 cm³/mol. The molecule has 8 heteroatoms. The first kappa shape index (κ1) is 22.1. The zero-order valence-corrected chi connectivity index (χ0v) is 16.2. The highest BCUT2D eigenvalue weighted by atomic mass is 16.3. The Morgan fingerprint density at radius 2 is 2.08 bits per heavy atom. The number of amides is 2. The van der Waals surface area contributed by atoms with Crippen LogP contribution in [0, 0.1) is 5.92 Å². The molecule has 148 valence electrons. The summed E-state index contributed by atoms with van der Waals surface area (Å²) in [5.41, 5.74) is 5.75. The van der Waals surface area contributed by atoms with Crippen molar-refractivity contribution in [1.82, 2.24) is 20.6 Å². The minimum atomic E-state index is -0.931. The summed E-state index contributed by atoms with van der Waals surface area (Å²) in [4.78, 5) is 30.9. The Kier molecular flexibility index (Phi) is 8.74. The molecular formula is C18H33N5O3. The number of hydrogen-bond donors (Lipinski definition) is 5. The van der Waals surface area contributed by atoms with Crippen LogP contribution in [0.25, 0.3) is 0 Å². The van der Waals surface area contributed by atoms with Crippen LogP contribution in [0.2, 0.25) is 0 Å². The van der Waals surface area contributed by atoms with E-state index in [-0.39, 0.29) is 18.4 Å². The zero-order valence-electron chi connectivity index (χ0n) is 16.2. The molecule has 0 spiro atoms.